The molecule has 4 heterocycles. The number of rotatable bonds is 2. The maximum atomic E-state index is 14.5. The lowest BCUT2D eigenvalue weighted by Crippen LogP contribution is -2.46. The molecular formula is C42H49N3O11. The largest absolute Gasteiger partial charge is 0.507 e. The van der Waals surface area contributed by atoms with E-state index in [0.29, 0.717) is 5.65 Å². The number of benzene rings is 2. The summed E-state index contributed by atoms with van der Waals surface area (Å²) in [7, 11) is 1.46. The van der Waals surface area contributed by atoms with Gasteiger partial charge < -0.3 is 44.7 Å². The number of hydrogen-bond acceptors (Lipinski definition) is 12. The number of aliphatic hydroxyl groups excluding tert-OH is 2. The Balaban J connectivity index is 1.57. The fourth-order valence-corrected chi connectivity index (χ4v) is 7.88. The van der Waals surface area contributed by atoms with Gasteiger partial charge >= 0.3 is 11.8 Å². The van der Waals surface area contributed by atoms with Crippen LogP contribution in [0.3, 0.4) is 0 Å². The smallest absolute Gasteiger partial charge is 0.312 e. The second-order valence-corrected chi connectivity index (χ2v) is 15.1. The molecule has 56 heavy (non-hydrogen) atoms. The highest BCUT2D eigenvalue weighted by Gasteiger charge is 2.49. The molecule has 4 aromatic rings. The molecule has 0 spiro atoms. The Morgan fingerprint density at radius 3 is 2.38 bits per heavy atom. The number of amides is 1. The Bertz CT molecular complexity index is 2330. The highest BCUT2D eigenvalue weighted by atomic mass is 16.7. The Kier molecular flexibility index (Phi) is 11.0. The monoisotopic (exact) mass is 771 g/mol. The molecule has 9 atom stereocenters. The molecule has 0 fully saturated rings. The minimum absolute atomic E-state index is 0.0169. The minimum Gasteiger partial charge on any atom is -0.507 e. The van der Waals surface area contributed by atoms with Crippen molar-refractivity contribution in [2.45, 2.75) is 85.6 Å². The lowest BCUT2D eigenvalue weighted by molar-refractivity contribution is -0.160. The quantitative estimate of drug-likeness (QED) is 0.121. The number of ether oxygens (including phenoxy) is 4. The van der Waals surface area contributed by atoms with Crippen molar-refractivity contribution in [1.29, 1.82) is 0 Å². The van der Waals surface area contributed by atoms with Gasteiger partial charge in [0.25, 0.3) is 11.7 Å². The average molecular weight is 772 g/mol. The number of anilines is 1. The van der Waals surface area contributed by atoms with Crippen molar-refractivity contribution in [2.24, 2.45) is 23.7 Å². The van der Waals surface area contributed by atoms with Crippen molar-refractivity contribution in [3.63, 3.8) is 0 Å². The third-order valence-corrected chi connectivity index (χ3v) is 11.3. The average Bonchev–Trinajstić information content (AvgIpc) is 3.68. The maximum absolute atomic E-state index is 14.5. The number of ketones is 1. The van der Waals surface area contributed by atoms with E-state index in [1.165, 1.54) is 40.2 Å². The number of phenols is 2. The molecule has 5 N–H and O–H groups in total. The maximum Gasteiger partial charge on any atom is 0.312 e. The zero-order valence-electron chi connectivity index (χ0n) is 32.9. The van der Waals surface area contributed by atoms with Crippen molar-refractivity contribution in [1.82, 2.24) is 9.38 Å². The fraction of sp³-hybridized carbons (Fsp3) is 0.429. The van der Waals surface area contributed by atoms with Crippen LogP contribution in [-0.2, 0) is 23.8 Å². The van der Waals surface area contributed by atoms with Crippen molar-refractivity contribution in [3.8, 4) is 17.2 Å². The van der Waals surface area contributed by atoms with Gasteiger partial charge in [-0.3, -0.25) is 18.8 Å². The summed E-state index contributed by atoms with van der Waals surface area (Å²) in [5.41, 5.74) is 1.27. The van der Waals surface area contributed by atoms with Crippen LogP contribution in [0.2, 0.25) is 0 Å². The van der Waals surface area contributed by atoms with Gasteiger partial charge in [0.1, 0.15) is 40.0 Å². The van der Waals surface area contributed by atoms with Crippen LogP contribution in [0.5, 0.6) is 17.2 Å². The summed E-state index contributed by atoms with van der Waals surface area (Å²) in [4.78, 5) is 45.4. The molecule has 4 bridgehead atoms. The van der Waals surface area contributed by atoms with Gasteiger partial charge in [0, 0.05) is 67.3 Å². The minimum atomic E-state index is -1.95. The van der Waals surface area contributed by atoms with Gasteiger partial charge in [-0.1, -0.05) is 52.0 Å². The predicted octanol–water partition coefficient (Wildman–Crippen LogP) is 5.85. The lowest BCUT2D eigenvalue weighted by Gasteiger charge is -2.38. The number of fused-ring (bicyclic) bond motifs is 2. The van der Waals surface area contributed by atoms with E-state index in [0.717, 1.165) is 0 Å². The van der Waals surface area contributed by atoms with E-state index < -0.39 is 77.3 Å². The highest BCUT2D eigenvalue weighted by Crippen LogP contribution is 2.54. The Morgan fingerprint density at radius 2 is 1.70 bits per heavy atom. The van der Waals surface area contributed by atoms with Gasteiger partial charge in [0.05, 0.1) is 35.5 Å². The number of allylic oxidation sites excluding steroid dienone is 2. The molecule has 14 nitrogen and oxygen atoms in total. The molecule has 2 aromatic heterocycles. The van der Waals surface area contributed by atoms with Gasteiger partial charge in [-0.15, -0.1) is 0 Å². The number of pyridine rings is 1. The van der Waals surface area contributed by atoms with Gasteiger partial charge in [0.2, 0.25) is 0 Å². The Hall–Kier alpha value is -5.44. The third kappa shape index (κ3) is 6.75. The number of nitrogens with zero attached hydrogens (tertiary/aromatic N) is 2. The van der Waals surface area contributed by atoms with Crippen molar-refractivity contribution < 1.29 is 53.8 Å². The fourth-order valence-electron chi connectivity index (χ4n) is 7.88. The van der Waals surface area contributed by atoms with E-state index in [4.69, 9.17) is 23.9 Å². The second-order valence-electron chi connectivity index (χ2n) is 15.1. The number of esters is 1. The van der Waals surface area contributed by atoms with Crippen molar-refractivity contribution in [2.75, 3.05) is 12.4 Å². The number of phenolic OH excluding ortho intramolecular Hbond substituents is 2. The standard InChI is InChI=1S/C42H49N3O11/c1-19-13-12-14-20(2)41(52)44-32-33-31(43-27-15-10-11-17-45(27)33)28-29(37(32)50)36(49)24(6)39-30(28)40(51)42(8,56-39)54-18-16-26(53-9)21(3)38(55-25(7)46)23(5)35(48)22(4)34(19)47/h10-19,21-23,26,34-35,38,47-50H,1-9H3,(H,44,52)/b13-12-,18-16-,20-14-. The van der Waals surface area contributed by atoms with E-state index >= 15 is 0 Å². The number of nitrogens with one attached hydrogen (secondary N) is 1. The number of aliphatic hydroxyl groups is 2. The first-order chi connectivity index (χ1) is 26.4. The summed E-state index contributed by atoms with van der Waals surface area (Å²) in [5, 5.41) is 49.2. The molecule has 298 valence electrons. The SMILES string of the molecule is COC1/C=C\OC2(C)Oc3c(C)c(O)c4c(O)c(c5c(nc6ccccn65)c4c3C2=O)NC(=O)/C(C)=C\C=C/C(C)C(O)C(C)C(O)C(C)C(OC(C)=O)C1C. The molecule has 0 radical (unpaired) electrons. The van der Waals surface area contributed by atoms with Crippen LogP contribution in [0.1, 0.15) is 64.4 Å². The molecule has 0 aliphatic carbocycles. The van der Waals surface area contributed by atoms with Gasteiger partial charge in [0.15, 0.2) is 5.75 Å². The summed E-state index contributed by atoms with van der Waals surface area (Å²) >= 11 is 0. The van der Waals surface area contributed by atoms with Crippen LogP contribution in [0.4, 0.5) is 5.69 Å². The number of methoxy groups -OCH3 is 1. The van der Waals surface area contributed by atoms with Gasteiger partial charge in [-0.05, 0) is 32.1 Å². The van der Waals surface area contributed by atoms with E-state index in [-0.39, 0.29) is 55.7 Å². The molecule has 14 heteroatoms. The van der Waals surface area contributed by atoms with E-state index in [1.807, 2.05) is 0 Å². The zero-order valence-corrected chi connectivity index (χ0v) is 32.9. The number of Topliss-reactive ketones (excluding diaryl/α,β-unsaturated/α-hetero) is 1. The second kappa shape index (κ2) is 15.2. The summed E-state index contributed by atoms with van der Waals surface area (Å²) in [6.45, 7) is 12.8. The summed E-state index contributed by atoms with van der Waals surface area (Å²) < 4.78 is 25.4. The summed E-state index contributed by atoms with van der Waals surface area (Å²) in [6.07, 6.45) is 5.58. The number of aromatic nitrogens is 2. The first kappa shape index (κ1) is 40.2. The molecule has 0 saturated heterocycles. The normalized spacial score (nSPS) is 31.2. The van der Waals surface area contributed by atoms with Crippen molar-refractivity contribution >= 4 is 50.8 Å². The summed E-state index contributed by atoms with van der Waals surface area (Å²) in [5.74, 6) is -6.96. The number of aromatic hydroxyl groups is 2. The molecule has 6 rings (SSSR count). The first-order valence-electron chi connectivity index (χ1n) is 18.5. The third-order valence-electron chi connectivity index (χ3n) is 11.3. The van der Waals surface area contributed by atoms with E-state index in [2.05, 4.69) is 5.32 Å². The molecule has 2 aromatic carbocycles. The first-order valence-corrected chi connectivity index (χ1v) is 18.5. The van der Waals surface area contributed by atoms with Crippen LogP contribution >= 0.6 is 0 Å². The topological polar surface area (TPSA) is 198 Å². The van der Waals surface area contributed by atoms with Crippen LogP contribution in [-0.4, -0.2) is 84.8 Å². The summed E-state index contributed by atoms with van der Waals surface area (Å²) in [6, 6.07) is 5.24. The van der Waals surface area contributed by atoms with E-state index in [1.54, 1.807) is 81.6 Å². The van der Waals surface area contributed by atoms with Crippen LogP contribution in [0.15, 0.2) is 60.5 Å². The highest BCUT2D eigenvalue weighted by molar-refractivity contribution is 6.28. The van der Waals surface area contributed by atoms with Gasteiger partial charge in [-0.2, -0.15) is 0 Å². The van der Waals surface area contributed by atoms with Crippen LogP contribution in [0.25, 0.3) is 27.5 Å². The van der Waals surface area contributed by atoms with E-state index in [9.17, 15) is 34.8 Å². The molecule has 2 aliphatic rings. The number of hydrogen-bond donors (Lipinski definition) is 5. The lowest BCUT2D eigenvalue weighted by atomic mass is 9.78. The number of imidazole rings is 1. The molecular weight excluding hydrogens is 722 g/mol. The molecule has 1 amide bonds. The number of carbonyl (C=O) groups excluding carboxylic acids is 3. The van der Waals surface area contributed by atoms with Crippen molar-refractivity contribution in [3.05, 3.63) is 71.7 Å². The molecule has 9 unspecified atom stereocenters. The Labute approximate surface area is 324 Å². The predicted molar refractivity (Wildman–Crippen MR) is 208 cm³/mol. The Morgan fingerprint density at radius 1 is 0.982 bits per heavy atom. The van der Waals surface area contributed by atoms with Gasteiger partial charge in [-0.25, -0.2) is 4.98 Å². The number of carbonyl (C=O) groups is 3. The van der Waals surface area contributed by atoms with Crippen LogP contribution in [0, 0.1) is 30.6 Å². The van der Waals surface area contributed by atoms with Crippen LogP contribution < -0.4 is 10.1 Å². The zero-order chi connectivity index (χ0) is 41.0. The molecule has 0 saturated carbocycles. The molecule has 2 aliphatic heterocycles.